The lowest BCUT2D eigenvalue weighted by Crippen LogP contribution is -2.20. The van der Waals surface area contributed by atoms with E-state index in [0.29, 0.717) is 11.4 Å². The van der Waals surface area contributed by atoms with Gasteiger partial charge in [0.2, 0.25) is 5.91 Å². The normalized spacial score (nSPS) is 10.3. The van der Waals surface area contributed by atoms with Gasteiger partial charge in [-0.15, -0.1) is 0 Å². The molecule has 0 radical (unpaired) electrons. The van der Waals surface area contributed by atoms with Crippen LogP contribution in [0.4, 0.5) is 11.4 Å². The van der Waals surface area contributed by atoms with E-state index in [-0.39, 0.29) is 18.4 Å². The van der Waals surface area contributed by atoms with E-state index in [2.05, 4.69) is 10.6 Å². The Kier molecular flexibility index (Phi) is 4.95. The van der Waals surface area contributed by atoms with Gasteiger partial charge in [-0.05, 0) is 47.2 Å². The fourth-order valence-corrected chi connectivity index (χ4v) is 2.45. The zero-order valence-corrected chi connectivity index (χ0v) is 13.8. The van der Waals surface area contributed by atoms with Crippen molar-refractivity contribution in [1.29, 1.82) is 0 Å². The van der Waals surface area contributed by atoms with E-state index in [9.17, 15) is 9.59 Å². The Balaban J connectivity index is 1.55. The van der Waals surface area contributed by atoms with Crippen LogP contribution >= 0.6 is 0 Å². The molecule has 2 amide bonds. The molecule has 25 heavy (non-hydrogen) atoms. The number of nitrogens with one attached hydrogen (secondary N) is 2. The van der Waals surface area contributed by atoms with Gasteiger partial charge in [0.05, 0.1) is 0 Å². The topological polar surface area (TPSA) is 67.4 Å². The van der Waals surface area contributed by atoms with Crippen LogP contribution in [0, 0.1) is 0 Å². The largest absolute Gasteiger partial charge is 0.484 e. The van der Waals surface area contributed by atoms with Crippen LogP contribution < -0.4 is 15.4 Å². The zero-order valence-electron chi connectivity index (χ0n) is 13.8. The summed E-state index contributed by atoms with van der Waals surface area (Å²) in [5, 5.41) is 7.68. The third-order valence-electron chi connectivity index (χ3n) is 3.58. The lowest BCUT2D eigenvalue weighted by Gasteiger charge is -2.09. The monoisotopic (exact) mass is 334 g/mol. The molecule has 0 bridgehead atoms. The molecule has 126 valence electrons. The summed E-state index contributed by atoms with van der Waals surface area (Å²) in [6, 6.07) is 20.6. The van der Waals surface area contributed by atoms with Crippen LogP contribution in [0.15, 0.2) is 66.7 Å². The first-order valence-electron chi connectivity index (χ1n) is 7.89. The Morgan fingerprint density at radius 2 is 1.52 bits per heavy atom. The summed E-state index contributed by atoms with van der Waals surface area (Å²) in [6.45, 7) is 1.36. The Hall–Kier alpha value is -3.34. The molecule has 3 rings (SSSR count). The van der Waals surface area contributed by atoms with Crippen LogP contribution in [0.2, 0.25) is 0 Å². The molecule has 5 heteroatoms. The maximum atomic E-state index is 12.0. The number of hydrogen-bond donors (Lipinski definition) is 2. The summed E-state index contributed by atoms with van der Waals surface area (Å²) in [7, 11) is 0. The summed E-state index contributed by atoms with van der Waals surface area (Å²) in [4.78, 5) is 23.0. The van der Waals surface area contributed by atoms with E-state index in [1.807, 2.05) is 42.5 Å². The van der Waals surface area contributed by atoms with E-state index in [1.165, 1.54) is 6.92 Å². The van der Waals surface area contributed by atoms with Crippen molar-refractivity contribution in [2.24, 2.45) is 0 Å². The molecule has 0 aliphatic rings. The average molecular weight is 334 g/mol. The summed E-state index contributed by atoms with van der Waals surface area (Å²) in [5.74, 6) is 0.187. The molecule has 0 aliphatic carbocycles. The Morgan fingerprint density at radius 1 is 0.840 bits per heavy atom. The highest BCUT2D eigenvalue weighted by Gasteiger charge is 2.05. The average Bonchev–Trinajstić information content (AvgIpc) is 2.60. The van der Waals surface area contributed by atoms with Gasteiger partial charge in [0.1, 0.15) is 5.75 Å². The second-order valence-corrected chi connectivity index (χ2v) is 5.60. The Morgan fingerprint density at radius 3 is 2.24 bits per heavy atom. The number of rotatable bonds is 5. The van der Waals surface area contributed by atoms with Crippen molar-refractivity contribution in [2.45, 2.75) is 6.92 Å². The fraction of sp³-hybridized carbons (Fsp3) is 0.100. The number of ether oxygens (including phenoxy) is 1. The van der Waals surface area contributed by atoms with Crippen LogP contribution in [0.25, 0.3) is 10.8 Å². The molecule has 0 aliphatic heterocycles. The van der Waals surface area contributed by atoms with Crippen molar-refractivity contribution in [3.8, 4) is 5.75 Å². The summed E-state index contributed by atoms with van der Waals surface area (Å²) in [6.07, 6.45) is 0. The van der Waals surface area contributed by atoms with Gasteiger partial charge in [0.25, 0.3) is 5.91 Å². The van der Waals surface area contributed by atoms with E-state index < -0.39 is 0 Å². The second kappa shape index (κ2) is 7.49. The number of anilines is 2. The highest BCUT2D eigenvalue weighted by molar-refractivity contribution is 5.95. The van der Waals surface area contributed by atoms with E-state index in [1.54, 1.807) is 24.3 Å². The third-order valence-corrected chi connectivity index (χ3v) is 3.58. The first-order valence-corrected chi connectivity index (χ1v) is 7.89. The summed E-state index contributed by atoms with van der Waals surface area (Å²) >= 11 is 0. The highest BCUT2D eigenvalue weighted by Crippen LogP contribution is 2.19. The van der Waals surface area contributed by atoms with Crippen molar-refractivity contribution < 1.29 is 14.3 Å². The third kappa shape index (κ3) is 4.57. The molecule has 0 atom stereocenters. The molecule has 0 saturated heterocycles. The van der Waals surface area contributed by atoms with Gasteiger partial charge in [-0.2, -0.15) is 0 Å². The minimum atomic E-state index is -0.235. The van der Waals surface area contributed by atoms with Crippen LogP contribution in [0.3, 0.4) is 0 Å². The molecule has 0 fully saturated rings. The number of fused-ring (bicyclic) bond motifs is 1. The van der Waals surface area contributed by atoms with Gasteiger partial charge in [-0.3, -0.25) is 9.59 Å². The van der Waals surface area contributed by atoms with Crippen molar-refractivity contribution in [3.05, 3.63) is 66.7 Å². The quantitative estimate of drug-likeness (QED) is 0.745. The molecule has 3 aromatic rings. The van der Waals surface area contributed by atoms with Crippen molar-refractivity contribution in [3.63, 3.8) is 0 Å². The standard InChI is InChI=1S/C20H18N2O3/c1-14(23)21-17-8-10-19(11-9-17)25-13-20(24)22-18-7-6-15-4-2-3-5-16(15)12-18/h2-12H,13H2,1H3,(H,21,23)(H,22,24). The maximum Gasteiger partial charge on any atom is 0.262 e. The van der Waals surface area contributed by atoms with Crippen molar-refractivity contribution in [2.75, 3.05) is 17.2 Å². The smallest absolute Gasteiger partial charge is 0.262 e. The zero-order chi connectivity index (χ0) is 17.6. The SMILES string of the molecule is CC(=O)Nc1ccc(OCC(=O)Nc2ccc3ccccc3c2)cc1. The summed E-state index contributed by atoms with van der Waals surface area (Å²) in [5.41, 5.74) is 1.41. The maximum absolute atomic E-state index is 12.0. The molecule has 0 unspecified atom stereocenters. The number of carbonyl (C=O) groups is 2. The second-order valence-electron chi connectivity index (χ2n) is 5.60. The van der Waals surface area contributed by atoms with Gasteiger partial charge in [0.15, 0.2) is 6.61 Å². The van der Waals surface area contributed by atoms with Gasteiger partial charge in [0, 0.05) is 18.3 Å². The lowest BCUT2D eigenvalue weighted by molar-refractivity contribution is -0.118. The molecule has 3 aromatic carbocycles. The van der Waals surface area contributed by atoms with E-state index in [4.69, 9.17) is 4.74 Å². The predicted octanol–water partition coefficient (Wildman–Crippen LogP) is 3.82. The Bertz CT molecular complexity index is 904. The molecule has 0 aromatic heterocycles. The van der Waals surface area contributed by atoms with Gasteiger partial charge in [-0.25, -0.2) is 0 Å². The van der Waals surface area contributed by atoms with Crippen molar-refractivity contribution in [1.82, 2.24) is 0 Å². The fourth-order valence-electron chi connectivity index (χ4n) is 2.45. The first kappa shape index (κ1) is 16.5. The lowest BCUT2D eigenvalue weighted by atomic mass is 10.1. The highest BCUT2D eigenvalue weighted by atomic mass is 16.5. The minimum Gasteiger partial charge on any atom is -0.484 e. The number of benzene rings is 3. The van der Waals surface area contributed by atoms with Gasteiger partial charge in [-0.1, -0.05) is 30.3 Å². The van der Waals surface area contributed by atoms with E-state index in [0.717, 1.165) is 16.5 Å². The first-order chi connectivity index (χ1) is 12.1. The number of amides is 2. The van der Waals surface area contributed by atoms with Gasteiger partial charge < -0.3 is 15.4 Å². The molecular weight excluding hydrogens is 316 g/mol. The van der Waals surface area contributed by atoms with Crippen LogP contribution in [-0.4, -0.2) is 18.4 Å². The minimum absolute atomic E-state index is 0.0910. The Labute approximate surface area is 145 Å². The predicted molar refractivity (Wildman–Crippen MR) is 98.8 cm³/mol. The molecule has 0 heterocycles. The molecule has 0 spiro atoms. The van der Waals surface area contributed by atoms with E-state index >= 15 is 0 Å². The number of hydrogen-bond acceptors (Lipinski definition) is 3. The number of carbonyl (C=O) groups excluding carboxylic acids is 2. The van der Waals surface area contributed by atoms with Crippen molar-refractivity contribution >= 4 is 34.0 Å². The summed E-state index contributed by atoms with van der Waals surface area (Å²) < 4.78 is 5.46. The van der Waals surface area contributed by atoms with Crippen LogP contribution in [-0.2, 0) is 9.59 Å². The van der Waals surface area contributed by atoms with Crippen LogP contribution in [0.5, 0.6) is 5.75 Å². The van der Waals surface area contributed by atoms with Gasteiger partial charge >= 0.3 is 0 Å². The molecule has 2 N–H and O–H groups in total. The molecule has 0 saturated carbocycles. The molecule has 5 nitrogen and oxygen atoms in total. The van der Waals surface area contributed by atoms with Crippen LogP contribution in [0.1, 0.15) is 6.92 Å². The molecular formula is C20H18N2O3.